The van der Waals surface area contributed by atoms with Gasteiger partial charge in [0.25, 0.3) is 0 Å². The highest BCUT2D eigenvalue weighted by Gasteiger charge is 2.35. The molecule has 1 aliphatic rings. The van der Waals surface area contributed by atoms with Gasteiger partial charge in [-0.2, -0.15) is 0 Å². The fourth-order valence-electron chi connectivity index (χ4n) is 4.26. The number of esters is 1. The molecule has 4 rings (SSSR count). The predicted molar refractivity (Wildman–Crippen MR) is 122 cm³/mol. The van der Waals surface area contributed by atoms with Crippen LogP contribution in [0.2, 0.25) is 5.02 Å². The van der Waals surface area contributed by atoms with E-state index in [1.165, 1.54) is 12.1 Å². The highest BCUT2D eigenvalue weighted by Crippen LogP contribution is 2.44. The van der Waals surface area contributed by atoms with Gasteiger partial charge in [-0.3, -0.25) is 9.59 Å². The van der Waals surface area contributed by atoms with E-state index in [0.29, 0.717) is 44.5 Å². The Morgan fingerprint density at radius 3 is 2.55 bits per heavy atom. The second-order valence-corrected chi connectivity index (χ2v) is 10.1. The van der Waals surface area contributed by atoms with E-state index in [9.17, 15) is 14.0 Å². The number of nitrogens with zero attached hydrogens (tertiary/aromatic N) is 1. The molecule has 3 aromatic rings. The van der Waals surface area contributed by atoms with Crippen LogP contribution in [-0.4, -0.2) is 21.9 Å². The number of aryl methyl sites for hydroxylation is 1. The van der Waals surface area contributed by atoms with E-state index in [-0.39, 0.29) is 29.9 Å². The van der Waals surface area contributed by atoms with Crippen LogP contribution in [0.4, 0.5) is 4.39 Å². The van der Waals surface area contributed by atoms with Gasteiger partial charge in [0.15, 0.2) is 5.78 Å². The molecular weight excluding hydrogens is 485 g/mol. The van der Waals surface area contributed by atoms with Crippen LogP contribution in [0.3, 0.4) is 0 Å². The molecule has 1 atom stereocenters. The third kappa shape index (κ3) is 4.28. The first-order chi connectivity index (χ1) is 14.5. The summed E-state index contributed by atoms with van der Waals surface area (Å²) in [5.41, 5.74) is 1.79. The number of ketones is 1. The zero-order chi connectivity index (χ0) is 22.5. The van der Waals surface area contributed by atoms with Crippen LogP contribution in [0, 0.1) is 5.82 Å². The van der Waals surface area contributed by atoms with Gasteiger partial charge in [0.2, 0.25) is 0 Å². The van der Waals surface area contributed by atoms with Crippen molar-refractivity contribution < 1.29 is 18.7 Å². The SMILES string of the molecule is CC(C)(C)OC(=O)CC1CCn2c1c(C(=O)c1ccc(Cl)cc1)c1c(Br)cc(F)cc12. The summed E-state index contributed by atoms with van der Waals surface area (Å²) >= 11 is 9.43. The van der Waals surface area contributed by atoms with E-state index in [4.69, 9.17) is 16.3 Å². The number of ether oxygens (including phenoxy) is 1. The Labute approximate surface area is 193 Å². The number of carbonyl (C=O) groups excluding carboxylic acids is 2. The van der Waals surface area contributed by atoms with Crippen LogP contribution in [0.5, 0.6) is 0 Å². The van der Waals surface area contributed by atoms with Crippen molar-refractivity contribution in [1.29, 1.82) is 0 Å². The van der Waals surface area contributed by atoms with Crippen molar-refractivity contribution in [1.82, 2.24) is 4.57 Å². The summed E-state index contributed by atoms with van der Waals surface area (Å²) in [6.07, 6.45) is 0.841. The Balaban J connectivity index is 1.86. The molecule has 2 aromatic carbocycles. The van der Waals surface area contributed by atoms with Gasteiger partial charge in [-0.15, -0.1) is 0 Å². The van der Waals surface area contributed by atoms with Gasteiger partial charge in [-0.05, 0) is 79.5 Å². The molecule has 4 nitrogen and oxygen atoms in total. The summed E-state index contributed by atoms with van der Waals surface area (Å²) in [6.45, 7) is 6.08. The maximum absolute atomic E-state index is 14.2. The van der Waals surface area contributed by atoms with Crippen LogP contribution in [0.1, 0.15) is 61.1 Å². The molecule has 0 radical (unpaired) electrons. The molecule has 0 saturated carbocycles. The van der Waals surface area contributed by atoms with Crippen molar-refractivity contribution in [2.75, 3.05) is 0 Å². The number of carbonyl (C=O) groups is 2. The summed E-state index contributed by atoms with van der Waals surface area (Å²) in [7, 11) is 0. The number of halogens is 3. The minimum absolute atomic E-state index is 0.161. The van der Waals surface area contributed by atoms with Gasteiger partial charge in [0.05, 0.1) is 17.5 Å². The van der Waals surface area contributed by atoms with Crippen molar-refractivity contribution in [2.24, 2.45) is 0 Å². The average Bonchev–Trinajstić information content (AvgIpc) is 3.19. The lowest BCUT2D eigenvalue weighted by Crippen LogP contribution is -2.25. The fourth-order valence-corrected chi connectivity index (χ4v) is 5.00. The highest BCUT2D eigenvalue weighted by molar-refractivity contribution is 9.10. The van der Waals surface area contributed by atoms with E-state index in [1.807, 2.05) is 25.3 Å². The lowest BCUT2D eigenvalue weighted by Gasteiger charge is -2.21. The van der Waals surface area contributed by atoms with Crippen LogP contribution >= 0.6 is 27.5 Å². The Kier molecular flexibility index (Phi) is 5.73. The third-order valence-electron chi connectivity index (χ3n) is 5.38. The molecule has 7 heteroatoms. The van der Waals surface area contributed by atoms with Crippen molar-refractivity contribution in [2.45, 2.75) is 51.7 Å². The van der Waals surface area contributed by atoms with E-state index in [0.717, 1.165) is 5.69 Å². The van der Waals surface area contributed by atoms with E-state index < -0.39 is 5.60 Å². The quantitative estimate of drug-likeness (QED) is 0.294. The molecule has 2 heterocycles. The normalized spacial score (nSPS) is 15.9. The molecule has 1 aromatic heterocycles. The largest absolute Gasteiger partial charge is 0.460 e. The molecule has 0 amide bonds. The average molecular weight is 507 g/mol. The Morgan fingerprint density at radius 2 is 1.90 bits per heavy atom. The zero-order valence-electron chi connectivity index (χ0n) is 17.5. The first-order valence-corrected chi connectivity index (χ1v) is 11.3. The van der Waals surface area contributed by atoms with Crippen LogP contribution in [0.25, 0.3) is 10.9 Å². The fraction of sp³-hybridized carbons (Fsp3) is 0.333. The molecule has 0 fully saturated rings. The molecule has 0 aliphatic carbocycles. The molecular formula is C24H22BrClFNO3. The number of hydrogen-bond acceptors (Lipinski definition) is 3. The lowest BCUT2D eigenvalue weighted by atomic mass is 9.92. The number of aromatic nitrogens is 1. The third-order valence-corrected chi connectivity index (χ3v) is 6.25. The summed E-state index contributed by atoms with van der Waals surface area (Å²) in [5, 5.41) is 1.19. The molecule has 0 bridgehead atoms. The van der Waals surface area contributed by atoms with Crippen molar-refractivity contribution in [3.8, 4) is 0 Å². The minimum atomic E-state index is -0.587. The predicted octanol–water partition coefficient (Wildman–Crippen LogP) is 6.65. The van der Waals surface area contributed by atoms with Crippen molar-refractivity contribution in [3.05, 3.63) is 68.5 Å². The number of rotatable bonds is 4. The van der Waals surface area contributed by atoms with E-state index in [1.54, 1.807) is 24.3 Å². The molecule has 0 spiro atoms. The standard InChI is InChI=1S/C24H22BrClFNO3/c1-24(2,3)31-19(29)10-14-8-9-28-18-12-16(27)11-17(25)20(18)21(22(14)28)23(30)13-4-6-15(26)7-5-13/h4-7,11-12,14H,8-10H2,1-3H3. The molecule has 1 aliphatic heterocycles. The summed E-state index contributed by atoms with van der Waals surface area (Å²) in [6, 6.07) is 9.49. The first kappa shape index (κ1) is 22.0. The second-order valence-electron chi connectivity index (χ2n) is 8.81. The smallest absolute Gasteiger partial charge is 0.306 e. The van der Waals surface area contributed by atoms with Crippen LogP contribution in [0.15, 0.2) is 40.9 Å². The molecule has 0 saturated heterocycles. The van der Waals surface area contributed by atoms with Crippen LogP contribution in [-0.2, 0) is 16.1 Å². The van der Waals surface area contributed by atoms with Crippen molar-refractivity contribution >= 4 is 50.2 Å². The minimum Gasteiger partial charge on any atom is -0.460 e. The Bertz CT molecular complexity index is 1190. The number of fused-ring (bicyclic) bond motifs is 3. The highest BCUT2D eigenvalue weighted by atomic mass is 79.9. The van der Waals surface area contributed by atoms with Gasteiger partial charge >= 0.3 is 5.97 Å². The van der Waals surface area contributed by atoms with Gasteiger partial charge < -0.3 is 9.30 Å². The number of benzene rings is 2. The van der Waals surface area contributed by atoms with E-state index in [2.05, 4.69) is 15.9 Å². The summed E-state index contributed by atoms with van der Waals surface area (Å²) in [5.74, 6) is -1.07. The van der Waals surface area contributed by atoms with Gasteiger partial charge in [0.1, 0.15) is 11.4 Å². The maximum Gasteiger partial charge on any atom is 0.306 e. The number of hydrogen-bond donors (Lipinski definition) is 0. The second kappa shape index (κ2) is 8.06. The van der Waals surface area contributed by atoms with E-state index >= 15 is 0 Å². The molecule has 31 heavy (non-hydrogen) atoms. The van der Waals surface area contributed by atoms with Crippen molar-refractivity contribution in [3.63, 3.8) is 0 Å². The molecule has 0 N–H and O–H groups in total. The maximum atomic E-state index is 14.2. The lowest BCUT2D eigenvalue weighted by molar-refractivity contribution is -0.155. The summed E-state index contributed by atoms with van der Waals surface area (Å²) < 4.78 is 22.2. The zero-order valence-corrected chi connectivity index (χ0v) is 19.8. The Hall–Kier alpha value is -2.18. The van der Waals surface area contributed by atoms with Gasteiger partial charge in [0, 0.05) is 38.6 Å². The molecule has 162 valence electrons. The van der Waals surface area contributed by atoms with Gasteiger partial charge in [-0.1, -0.05) is 11.6 Å². The monoisotopic (exact) mass is 505 g/mol. The van der Waals surface area contributed by atoms with Crippen LogP contribution < -0.4 is 0 Å². The summed E-state index contributed by atoms with van der Waals surface area (Å²) in [4.78, 5) is 26.2. The Morgan fingerprint density at radius 1 is 1.23 bits per heavy atom. The topological polar surface area (TPSA) is 48.3 Å². The van der Waals surface area contributed by atoms with Gasteiger partial charge in [-0.25, -0.2) is 4.39 Å². The molecule has 1 unspecified atom stereocenters. The first-order valence-electron chi connectivity index (χ1n) is 10.1.